The molecular weight excluding hydrogens is 288 g/mol. The van der Waals surface area contributed by atoms with E-state index in [1.54, 1.807) is 7.05 Å². The van der Waals surface area contributed by atoms with Gasteiger partial charge in [-0.15, -0.1) is 0 Å². The van der Waals surface area contributed by atoms with Crippen molar-refractivity contribution in [3.63, 3.8) is 0 Å². The van der Waals surface area contributed by atoms with Gasteiger partial charge in [0, 0.05) is 33.1 Å². The van der Waals surface area contributed by atoms with Gasteiger partial charge < -0.3 is 16.0 Å². The summed E-state index contributed by atoms with van der Waals surface area (Å²) in [7, 11) is 1.79. The van der Waals surface area contributed by atoms with E-state index in [0.29, 0.717) is 18.4 Å². The maximum absolute atomic E-state index is 11.6. The van der Waals surface area contributed by atoms with Crippen LogP contribution in [0.3, 0.4) is 0 Å². The molecule has 1 aliphatic rings. The zero-order chi connectivity index (χ0) is 17.1. The van der Waals surface area contributed by atoms with Crippen molar-refractivity contribution in [2.75, 3.05) is 26.7 Å². The molecule has 1 amide bonds. The van der Waals surface area contributed by atoms with E-state index in [1.807, 2.05) is 0 Å². The van der Waals surface area contributed by atoms with Gasteiger partial charge in [-0.2, -0.15) is 0 Å². The van der Waals surface area contributed by atoms with Crippen LogP contribution in [0.1, 0.15) is 65.7 Å². The third kappa shape index (κ3) is 7.71. The summed E-state index contributed by atoms with van der Waals surface area (Å²) in [5.74, 6) is 1.64. The largest absolute Gasteiger partial charge is 0.356 e. The molecule has 0 aromatic rings. The number of nitrogens with one attached hydrogen (secondary N) is 3. The number of carbonyl (C=O) groups excluding carboxylic acids is 1. The van der Waals surface area contributed by atoms with Gasteiger partial charge in [0.15, 0.2) is 5.96 Å². The van der Waals surface area contributed by atoms with Crippen LogP contribution < -0.4 is 16.0 Å². The van der Waals surface area contributed by atoms with Crippen molar-refractivity contribution in [2.45, 2.75) is 65.7 Å². The zero-order valence-electron chi connectivity index (χ0n) is 15.5. The van der Waals surface area contributed by atoms with E-state index in [1.165, 1.54) is 32.1 Å². The van der Waals surface area contributed by atoms with Crippen LogP contribution in [0.5, 0.6) is 0 Å². The van der Waals surface area contributed by atoms with Gasteiger partial charge in [0.25, 0.3) is 0 Å². The first-order valence-corrected chi connectivity index (χ1v) is 9.22. The molecule has 0 bridgehead atoms. The van der Waals surface area contributed by atoms with Crippen molar-refractivity contribution >= 4 is 11.9 Å². The summed E-state index contributed by atoms with van der Waals surface area (Å²) in [4.78, 5) is 15.9. The van der Waals surface area contributed by atoms with E-state index in [4.69, 9.17) is 0 Å². The van der Waals surface area contributed by atoms with Crippen molar-refractivity contribution in [1.29, 1.82) is 0 Å². The van der Waals surface area contributed by atoms with Gasteiger partial charge in [0.05, 0.1) is 0 Å². The SMILES string of the molecule is CCCNC(=O)CCNC(=NC)NCC1(CC(C)C)CCCC1. The molecule has 0 unspecified atom stereocenters. The molecule has 1 aliphatic carbocycles. The van der Waals surface area contributed by atoms with Crippen LogP contribution in [0.4, 0.5) is 0 Å². The minimum Gasteiger partial charge on any atom is -0.356 e. The quantitative estimate of drug-likeness (QED) is 0.451. The number of guanidine groups is 1. The van der Waals surface area contributed by atoms with Crippen LogP contribution in [0.2, 0.25) is 0 Å². The second-order valence-electron chi connectivity index (χ2n) is 7.26. The molecule has 134 valence electrons. The Hall–Kier alpha value is -1.26. The molecule has 1 saturated carbocycles. The van der Waals surface area contributed by atoms with Gasteiger partial charge in [-0.1, -0.05) is 33.6 Å². The number of nitrogens with zero attached hydrogens (tertiary/aromatic N) is 1. The predicted molar refractivity (Wildman–Crippen MR) is 97.6 cm³/mol. The molecule has 23 heavy (non-hydrogen) atoms. The lowest BCUT2D eigenvalue weighted by Crippen LogP contribution is -2.44. The fourth-order valence-corrected chi connectivity index (χ4v) is 3.58. The van der Waals surface area contributed by atoms with Gasteiger partial charge in [-0.05, 0) is 37.0 Å². The monoisotopic (exact) mass is 324 g/mol. The van der Waals surface area contributed by atoms with Crippen molar-refractivity contribution in [2.24, 2.45) is 16.3 Å². The van der Waals surface area contributed by atoms with E-state index >= 15 is 0 Å². The summed E-state index contributed by atoms with van der Waals surface area (Å²) in [5, 5.41) is 9.62. The van der Waals surface area contributed by atoms with Crippen LogP contribution in [0.25, 0.3) is 0 Å². The van der Waals surface area contributed by atoms with Gasteiger partial charge in [-0.25, -0.2) is 0 Å². The first-order chi connectivity index (χ1) is 11.0. The van der Waals surface area contributed by atoms with Crippen LogP contribution in [-0.2, 0) is 4.79 Å². The highest BCUT2D eigenvalue weighted by atomic mass is 16.1. The number of hydrogen-bond acceptors (Lipinski definition) is 2. The highest BCUT2D eigenvalue weighted by Crippen LogP contribution is 2.42. The Kier molecular flexibility index (Phi) is 9.03. The third-order valence-electron chi connectivity index (χ3n) is 4.58. The molecule has 0 heterocycles. The van der Waals surface area contributed by atoms with Crippen molar-refractivity contribution in [3.8, 4) is 0 Å². The van der Waals surface area contributed by atoms with Gasteiger partial charge in [0.1, 0.15) is 0 Å². The smallest absolute Gasteiger partial charge is 0.221 e. The molecule has 5 heteroatoms. The molecule has 0 aromatic carbocycles. The molecule has 1 fully saturated rings. The lowest BCUT2D eigenvalue weighted by Gasteiger charge is -2.31. The fourth-order valence-electron chi connectivity index (χ4n) is 3.58. The Bertz CT molecular complexity index is 373. The topological polar surface area (TPSA) is 65.5 Å². The Morgan fingerprint density at radius 1 is 1.13 bits per heavy atom. The van der Waals surface area contributed by atoms with Crippen molar-refractivity contribution in [1.82, 2.24) is 16.0 Å². The number of carbonyl (C=O) groups is 1. The standard InChI is InChI=1S/C18H36N4O/c1-5-11-20-16(23)8-12-21-17(19-4)22-14-18(13-15(2)3)9-6-7-10-18/h15H,5-14H2,1-4H3,(H,20,23)(H2,19,21,22). The summed E-state index contributed by atoms with van der Waals surface area (Å²) >= 11 is 0. The maximum Gasteiger partial charge on any atom is 0.221 e. The van der Waals surface area contributed by atoms with Crippen molar-refractivity contribution < 1.29 is 4.79 Å². The fraction of sp³-hybridized carbons (Fsp3) is 0.889. The minimum absolute atomic E-state index is 0.0990. The van der Waals surface area contributed by atoms with Gasteiger partial charge in [0.2, 0.25) is 5.91 Å². The van der Waals surface area contributed by atoms with E-state index in [-0.39, 0.29) is 5.91 Å². The Balaban J connectivity index is 2.34. The highest BCUT2D eigenvalue weighted by molar-refractivity contribution is 5.81. The summed E-state index contributed by atoms with van der Waals surface area (Å²) in [6.07, 6.45) is 8.05. The molecule has 1 rings (SSSR count). The number of rotatable bonds is 9. The van der Waals surface area contributed by atoms with E-state index < -0.39 is 0 Å². The van der Waals surface area contributed by atoms with Gasteiger partial charge in [-0.3, -0.25) is 9.79 Å². The minimum atomic E-state index is 0.0990. The third-order valence-corrected chi connectivity index (χ3v) is 4.58. The van der Waals surface area contributed by atoms with E-state index in [9.17, 15) is 4.79 Å². The summed E-state index contributed by atoms with van der Waals surface area (Å²) in [5.41, 5.74) is 0.421. The van der Waals surface area contributed by atoms with Gasteiger partial charge >= 0.3 is 0 Å². The summed E-state index contributed by atoms with van der Waals surface area (Å²) in [6, 6.07) is 0. The van der Waals surface area contributed by atoms with Crippen LogP contribution in [0.15, 0.2) is 4.99 Å². The molecule has 0 aromatic heterocycles. The van der Waals surface area contributed by atoms with Crippen LogP contribution >= 0.6 is 0 Å². The van der Waals surface area contributed by atoms with E-state index in [2.05, 4.69) is 41.7 Å². The zero-order valence-corrected chi connectivity index (χ0v) is 15.5. The first kappa shape index (κ1) is 19.8. The molecule has 0 atom stereocenters. The van der Waals surface area contributed by atoms with Crippen LogP contribution in [-0.4, -0.2) is 38.5 Å². The molecule has 0 aliphatic heterocycles. The molecule has 3 N–H and O–H groups in total. The highest BCUT2D eigenvalue weighted by Gasteiger charge is 2.34. The first-order valence-electron chi connectivity index (χ1n) is 9.22. The number of aliphatic imine (C=N–C) groups is 1. The Morgan fingerprint density at radius 3 is 2.39 bits per heavy atom. The molecule has 0 radical (unpaired) electrons. The number of amides is 1. The summed E-state index contributed by atoms with van der Waals surface area (Å²) in [6.45, 7) is 9.02. The average Bonchev–Trinajstić information content (AvgIpc) is 2.96. The molecule has 0 saturated heterocycles. The lowest BCUT2D eigenvalue weighted by atomic mass is 9.78. The summed E-state index contributed by atoms with van der Waals surface area (Å²) < 4.78 is 0. The maximum atomic E-state index is 11.6. The van der Waals surface area contributed by atoms with Crippen molar-refractivity contribution in [3.05, 3.63) is 0 Å². The normalized spacial score (nSPS) is 17.3. The second kappa shape index (κ2) is 10.5. The lowest BCUT2D eigenvalue weighted by molar-refractivity contribution is -0.120. The molecular formula is C18H36N4O. The Morgan fingerprint density at radius 2 is 1.83 bits per heavy atom. The molecule has 0 spiro atoms. The Labute approximate surface area is 142 Å². The number of hydrogen-bond donors (Lipinski definition) is 3. The predicted octanol–water partition coefficient (Wildman–Crippen LogP) is 2.67. The second-order valence-corrected chi connectivity index (χ2v) is 7.26. The van der Waals surface area contributed by atoms with Crippen LogP contribution in [0, 0.1) is 11.3 Å². The van der Waals surface area contributed by atoms with E-state index in [0.717, 1.165) is 31.4 Å². The average molecular weight is 325 g/mol. The molecule has 5 nitrogen and oxygen atoms in total.